The van der Waals surface area contributed by atoms with Crippen molar-refractivity contribution in [3.05, 3.63) is 92.6 Å². The number of amides is 1. The van der Waals surface area contributed by atoms with Crippen LogP contribution in [-0.4, -0.2) is 48.3 Å². The maximum atomic E-state index is 13.5. The Morgan fingerprint density at radius 2 is 1.77 bits per heavy atom. The Kier molecular flexibility index (Phi) is 8.55. The largest absolute Gasteiger partial charge is 0.497 e. The summed E-state index contributed by atoms with van der Waals surface area (Å²) in [7, 11) is -0.979. The summed E-state index contributed by atoms with van der Waals surface area (Å²) in [6, 6.07) is 16.8. The Morgan fingerprint density at radius 3 is 2.37 bits per heavy atom. The number of nitrogens with zero attached hydrogens (tertiary/aromatic N) is 5. The van der Waals surface area contributed by atoms with E-state index in [4.69, 9.17) is 4.74 Å². The van der Waals surface area contributed by atoms with E-state index in [-0.39, 0.29) is 21.7 Å². The standard InChI is InChI=1S/C24H22N4O6S3.C5H5N/c1-5-27-22(30)20(24-26(3)17-12-15(34-4)9-10-18(17)35-24)36-23(27)19-13(2)25-28(21(19)29)14-7-6-8-16(11-14)37(31,32)33;1-2-4-6-5-3-1/h6-12H,5H2,1-4H3,(H,31,32,33);1-5H/b23-19+,24-20-;. The van der Waals surface area contributed by atoms with Gasteiger partial charge in [0, 0.05) is 36.9 Å². The maximum Gasteiger partial charge on any atom is 0.294 e. The summed E-state index contributed by atoms with van der Waals surface area (Å²) in [6.45, 7) is 3.84. The third-order valence-corrected chi connectivity index (χ3v) is 10.00. The molecule has 2 aromatic heterocycles. The van der Waals surface area contributed by atoms with Gasteiger partial charge < -0.3 is 9.64 Å². The number of rotatable bonds is 4. The van der Waals surface area contributed by atoms with Gasteiger partial charge in [0.05, 0.1) is 34.7 Å². The number of methoxy groups -OCH3 is 1. The van der Waals surface area contributed by atoms with E-state index in [1.54, 1.807) is 31.0 Å². The van der Waals surface area contributed by atoms with Crippen LogP contribution in [0.3, 0.4) is 0 Å². The number of hydrazone groups is 1. The summed E-state index contributed by atoms with van der Waals surface area (Å²) in [5, 5.41) is 6.17. The molecule has 2 aromatic carbocycles. The van der Waals surface area contributed by atoms with Gasteiger partial charge in [0.15, 0.2) is 0 Å². The predicted octanol–water partition coefficient (Wildman–Crippen LogP) is 3.15. The molecule has 1 N–H and O–H groups in total. The van der Waals surface area contributed by atoms with Crippen molar-refractivity contribution >= 4 is 66.8 Å². The van der Waals surface area contributed by atoms with E-state index in [0.717, 1.165) is 20.6 Å². The van der Waals surface area contributed by atoms with Crippen LogP contribution in [0.4, 0.5) is 11.4 Å². The molecule has 0 saturated heterocycles. The SMILES string of the molecule is CCn1c(=O)/c(=C2/Sc3ccc(OC)cc3N2C)s/c1=C1/C(=O)N(c2cccc(S(=O)(=O)O)c2)N=C1C.c1ccncc1. The van der Waals surface area contributed by atoms with E-state index in [2.05, 4.69) is 10.1 Å². The van der Waals surface area contributed by atoms with Crippen LogP contribution in [0.5, 0.6) is 5.75 Å². The van der Waals surface area contributed by atoms with E-state index in [0.29, 0.717) is 27.2 Å². The highest BCUT2D eigenvalue weighted by Crippen LogP contribution is 2.46. The minimum absolute atomic E-state index is 0.182. The zero-order valence-corrected chi connectivity index (χ0v) is 26.0. The van der Waals surface area contributed by atoms with Crippen LogP contribution in [0, 0.1) is 0 Å². The first-order valence-electron chi connectivity index (χ1n) is 13.0. The zero-order valence-electron chi connectivity index (χ0n) is 23.6. The molecule has 43 heavy (non-hydrogen) atoms. The Morgan fingerprint density at radius 1 is 1.02 bits per heavy atom. The smallest absolute Gasteiger partial charge is 0.294 e. The first-order chi connectivity index (χ1) is 20.5. The average molecular weight is 638 g/mol. The lowest BCUT2D eigenvalue weighted by molar-refractivity contribution is -0.112. The third kappa shape index (κ3) is 5.86. The number of hydrogen-bond donors (Lipinski definition) is 1. The molecule has 2 aliphatic rings. The van der Waals surface area contributed by atoms with E-state index in [9.17, 15) is 22.6 Å². The highest BCUT2D eigenvalue weighted by atomic mass is 32.2. The highest BCUT2D eigenvalue weighted by Gasteiger charge is 2.32. The second-order valence-corrected chi connectivity index (χ2v) is 12.7. The number of anilines is 2. The summed E-state index contributed by atoms with van der Waals surface area (Å²) in [5.74, 6) is 0.216. The fraction of sp³-hybridized carbons (Fsp3) is 0.172. The number of carbonyl (C=O) groups is 1. The molecule has 11 nitrogen and oxygen atoms in total. The van der Waals surface area contributed by atoms with Crippen LogP contribution in [0.25, 0.3) is 10.6 Å². The Labute approximate surface area is 255 Å². The number of fused-ring (bicyclic) bond motifs is 1. The van der Waals surface area contributed by atoms with Crippen LogP contribution in [0.1, 0.15) is 13.8 Å². The van der Waals surface area contributed by atoms with Gasteiger partial charge in [0.1, 0.15) is 20.0 Å². The topological polar surface area (TPSA) is 134 Å². The normalized spacial score (nSPS) is 17.0. The minimum Gasteiger partial charge on any atom is -0.497 e. The zero-order chi connectivity index (χ0) is 30.9. The maximum absolute atomic E-state index is 13.5. The van der Waals surface area contributed by atoms with Crippen molar-refractivity contribution < 1.29 is 22.5 Å². The molecule has 0 bridgehead atoms. The molecular formula is C29H27N5O6S3. The van der Waals surface area contributed by atoms with Crippen LogP contribution in [-0.2, 0) is 21.5 Å². The second-order valence-electron chi connectivity index (χ2n) is 9.26. The highest BCUT2D eigenvalue weighted by molar-refractivity contribution is 8.08. The predicted molar refractivity (Wildman–Crippen MR) is 169 cm³/mol. The van der Waals surface area contributed by atoms with Crippen LogP contribution in [0.15, 0.2) is 92.7 Å². The first-order valence-corrected chi connectivity index (χ1v) is 16.0. The van der Waals surface area contributed by atoms with E-state index in [1.165, 1.54) is 47.4 Å². The molecule has 222 valence electrons. The number of carbonyl (C=O) groups excluding carboxylic acids is 1. The van der Waals surface area contributed by atoms with Gasteiger partial charge in [-0.25, -0.2) is 0 Å². The lowest BCUT2D eigenvalue weighted by Gasteiger charge is -2.13. The number of hydrogen-bond acceptors (Lipinski definition) is 10. The van der Waals surface area contributed by atoms with Gasteiger partial charge in [0.2, 0.25) is 0 Å². The molecular weight excluding hydrogens is 611 g/mol. The molecule has 0 radical (unpaired) electrons. The Balaban J connectivity index is 0.000000548. The van der Waals surface area contributed by atoms with Crippen LogP contribution in [0.2, 0.25) is 0 Å². The molecule has 0 atom stereocenters. The number of aromatic nitrogens is 2. The molecule has 4 aromatic rings. The van der Waals surface area contributed by atoms with Gasteiger partial charge in [-0.3, -0.25) is 23.7 Å². The molecule has 2 aliphatic heterocycles. The lowest BCUT2D eigenvalue weighted by atomic mass is 10.2. The van der Waals surface area contributed by atoms with Gasteiger partial charge in [-0.15, -0.1) is 11.3 Å². The summed E-state index contributed by atoms with van der Waals surface area (Å²) < 4.78 is 40.4. The molecule has 4 heterocycles. The van der Waals surface area contributed by atoms with Crippen molar-refractivity contribution in [3.63, 3.8) is 0 Å². The lowest BCUT2D eigenvalue weighted by Crippen LogP contribution is -2.35. The quantitative estimate of drug-likeness (QED) is 0.335. The van der Waals surface area contributed by atoms with Crippen LogP contribution >= 0.6 is 23.1 Å². The van der Waals surface area contributed by atoms with Crippen molar-refractivity contribution in [3.8, 4) is 5.75 Å². The summed E-state index contributed by atoms with van der Waals surface area (Å²) >= 11 is 2.70. The third-order valence-electron chi connectivity index (χ3n) is 6.59. The molecule has 0 aliphatic carbocycles. The van der Waals surface area contributed by atoms with Gasteiger partial charge in [-0.1, -0.05) is 23.9 Å². The number of benzene rings is 2. The van der Waals surface area contributed by atoms with Crippen molar-refractivity contribution in [1.29, 1.82) is 0 Å². The molecule has 0 unspecified atom stereocenters. The molecule has 0 spiro atoms. The van der Waals surface area contributed by atoms with E-state index >= 15 is 0 Å². The molecule has 6 rings (SSSR count). The fourth-order valence-corrected chi connectivity index (χ4v) is 7.59. The summed E-state index contributed by atoms with van der Waals surface area (Å²) in [6.07, 6.45) is 3.50. The van der Waals surface area contributed by atoms with Crippen LogP contribution < -0.4 is 29.4 Å². The van der Waals surface area contributed by atoms with Gasteiger partial charge in [-0.05, 0) is 56.3 Å². The van der Waals surface area contributed by atoms with Gasteiger partial charge in [0.25, 0.3) is 21.6 Å². The Hall–Kier alpha value is -4.24. The van der Waals surface area contributed by atoms with Crippen molar-refractivity contribution in [1.82, 2.24) is 9.55 Å². The Bertz CT molecular complexity index is 2010. The number of pyridine rings is 1. The summed E-state index contributed by atoms with van der Waals surface area (Å²) in [5.41, 5.74) is 1.54. The molecule has 1 amide bonds. The number of thioether (sulfide) groups is 1. The molecule has 0 fully saturated rings. The molecule has 0 saturated carbocycles. The van der Waals surface area contributed by atoms with Crippen molar-refractivity contribution in [2.75, 3.05) is 24.1 Å². The first kappa shape index (κ1) is 30.2. The number of ether oxygens (including phenoxy) is 1. The summed E-state index contributed by atoms with van der Waals surface area (Å²) in [4.78, 5) is 33.4. The van der Waals surface area contributed by atoms with E-state index < -0.39 is 16.0 Å². The minimum atomic E-state index is -4.46. The average Bonchev–Trinajstić information content (AvgIpc) is 3.62. The number of thiazole rings is 1. The van der Waals surface area contributed by atoms with E-state index in [1.807, 2.05) is 55.3 Å². The van der Waals surface area contributed by atoms with Crippen molar-refractivity contribution in [2.24, 2.45) is 5.10 Å². The van der Waals surface area contributed by atoms with Gasteiger partial charge in [-0.2, -0.15) is 18.5 Å². The fourth-order valence-electron chi connectivity index (χ4n) is 4.49. The van der Waals surface area contributed by atoms with Crippen molar-refractivity contribution in [2.45, 2.75) is 30.2 Å². The van der Waals surface area contributed by atoms with Gasteiger partial charge >= 0.3 is 0 Å². The second kappa shape index (κ2) is 12.2. The monoisotopic (exact) mass is 637 g/mol. The molecule has 14 heteroatoms.